The van der Waals surface area contributed by atoms with Crippen molar-refractivity contribution in [3.63, 3.8) is 0 Å². The number of benzene rings is 1. The maximum Gasteiger partial charge on any atom is 0.245 e. The second-order valence-electron chi connectivity index (χ2n) is 5.24. The van der Waals surface area contributed by atoms with Crippen LogP contribution >= 0.6 is 11.6 Å². The highest BCUT2D eigenvalue weighted by atomic mass is 35.5. The SMILES string of the molecule is CN(CCOCC1CC1)S(=O)(=O)c1ccc(CCl)cc1F. The summed E-state index contributed by atoms with van der Waals surface area (Å²) in [5.41, 5.74) is 0.545. The highest BCUT2D eigenvalue weighted by molar-refractivity contribution is 7.89. The molecular formula is C14H19ClFNO3S. The van der Waals surface area contributed by atoms with E-state index in [9.17, 15) is 12.8 Å². The van der Waals surface area contributed by atoms with Gasteiger partial charge in [-0.3, -0.25) is 0 Å². The van der Waals surface area contributed by atoms with Gasteiger partial charge in [0.05, 0.1) is 6.61 Å². The number of halogens is 2. The molecule has 0 spiro atoms. The largest absolute Gasteiger partial charge is 0.380 e. The molecule has 21 heavy (non-hydrogen) atoms. The van der Waals surface area contributed by atoms with E-state index in [1.165, 1.54) is 32.0 Å². The molecule has 1 aromatic rings. The van der Waals surface area contributed by atoms with Gasteiger partial charge in [-0.2, -0.15) is 4.31 Å². The average Bonchev–Trinajstić information content (AvgIpc) is 3.26. The maximum absolute atomic E-state index is 13.9. The molecule has 7 heteroatoms. The van der Waals surface area contributed by atoms with Crippen molar-refractivity contribution in [2.45, 2.75) is 23.6 Å². The van der Waals surface area contributed by atoms with Crippen LogP contribution in [0.4, 0.5) is 4.39 Å². The summed E-state index contributed by atoms with van der Waals surface area (Å²) in [5, 5.41) is 0. The molecule has 1 aliphatic rings. The third-order valence-corrected chi connectivity index (χ3v) is 5.64. The van der Waals surface area contributed by atoms with Gasteiger partial charge in [-0.15, -0.1) is 11.6 Å². The molecule has 0 unspecified atom stereocenters. The van der Waals surface area contributed by atoms with Gasteiger partial charge in [-0.05, 0) is 36.5 Å². The van der Waals surface area contributed by atoms with Crippen molar-refractivity contribution in [2.24, 2.45) is 5.92 Å². The molecule has 0 amide bonds. The van der Waals surface area contributed by atoms with Crippen LogP contribution in [0.1, 0.15) is 18.4 Å². The van der Waals surface area contributed by atoms with E-state index < -0.39 is 15.8 Å². The number of hydrogen-bond acceptors (Lipinski definition) is 3. The van der Waals surface area contributed by atoms with Gasteiger partial charge in [0.15, 0.2) is 0 Å². The standard InChI is InChI=1S/C14H19ClFNO3S/c1-17(6-7-20-10-11-2-3-11)21(18,19)14-5-4-12(9-15)8-13(14)16/h4-5,8,11H,2-3,6-7,9-10H2,1H3. The van der Waals surface area contributed by atoms with Crippen molar-refractivity contribution < 1.29 is 17.5 Å². The summed E-state index contributed by atoms with van der Waals surface area (Å²) in [6.07, 6.45) is 2.37. The average molecular weight is 336 g/mol. The molecule has 1 saturated carbocycles. The van der Waals surface area contributed by atoms with Gasteiger partial charge in [0.1, 0.15) is 10.7 Å². The van der Waals surface area contributed by atoms with Gasteiger partial charge in [0, 0.05) is 26.1 Å². The summed E-state index contributed by atoms with van der Waals surface area (Å²) in [6.45, 7) is 1.19. The molecule has 2 rings (SSSR count). The fraction of sp³-hybridized carbons (Fsp3) is 0.571. The van der Waals surface area contributed by atoms with Crippen LogP contribution in [0.25, 0.3) is 0 Å². The number of likely N-dealkylation sites (N-methyl/N-ethyl adjacent to an activating group) is 1. The van der Waals surface area contributed by atoms with Crippen LogP contribution in [0.5, 0.6) is 0 Å². The minimum absolute atomic E-state index is 0.141. The smallest absolute Gasteiger partial charge is 0.245 e. The van der Waals surface area contributed by atoms with Gasteiger partial charge in [0.25, 0.3) is 0 Å². The quantitative estimate of drug-likeness (QED) is 0.542. The fourth-order valence-corrected chi connectivity index (χ4v) is 3.21. The van der Waals surface area contributed by atoms with E-state index >= 15 is 0 Å². The molecule has 1 fully saturated rings. The Hall–Kier alpha value is -0.690. The van der Waals surface area contributed by atoms with Crippen molar-refractivity contribution >= 4 is 21.6 Å². The molecule has 0 radical (unpaired) electrons. The van der Waals surface area contributed by atoms with Crippen molar-refractivity contribution in [3.05, 3.63) is 29.6 Å². The number of alkyl halides is 1. The second kappa shape index (κ2) is 7.05. The minimum atomic E-state index is -3.84. The zero-order valence-corrected chi connectivity index (χ0v) is 13.5. The molecule has 4 nitrogen and oxygen atoms in total. The molecule has 0 aromatic heterocycles. The van der Waals surface area contributed by atoms with Gasteiger partial charge in [-0.1, -0.05) is 6.07 Å². The Morgan fingerprint density at radius 2 is 2.14 bits per heavy atom. The third kappa shape index (κ3) is 4.39. The molecule has 1 aromatic carbocycles. The number of nitrogens with zero attached hydrogens (tertiary/aromatic N) is 1. The zero-order valence-electron chi connectivity index (χ0n) is 11.9. The third-order valence-electron chi connectivity index (χ3n) is 3.44. The van der Waals surface area contributed by atoms with E-state index in [0.717, 1.165) is 10.4 Å². The molecule has 0 N–H and O–H groups in total. The second-order valence-corrected chi connectivity index (χ2v) is 7.52. The number of hydrogen-bond donors (Lipinski definition) is 0. The van der Waals surface area contributed by atoms with Gasteiger partial charge < -0.3 is 4.74 Å². The van der Waals surface area contributed by atoms with Crippen LogP contribution in [0.2, 0.25) is 0 Å². The van der Waals surface area contributed by atoms with Crippen molar-refractivity contribution in [1.29, 1.82) is 0 Å². The van der Waals surface area contributed by atoms with Gasteiger partial charge in [-0.25, -0.2) is 12.8 Å². The lowest BCUT2D eigenvalue weighted by Crippen LogP contribution is -2.31. The number of ether oxygens (including phenoxy) is 1. The Balaban J connectivity index is 1.98. The summed E-state index contributed by atoms with van der Waals surface area (Å²) >= 11 is 5.60. The Kier molecular flexibility index (Phi) is 5.60. The number of sulfonamides is 1. The predicted octanol–water partition coefficient (Wildman–Crippen LogP) is 2.61. The predicted molar refractivity (Wildman–Crippen MR) is 79.3 cm³/mol. The molecule has 0 atom stereocenters. The highest BCUT2D eigenvalue weighted by Crippen LogP contribution is 2.28. The monoisotopic (exact) mass is 335 g/mol. The molecule has 0 aliphatic heterocycles. The Labute approximate surface area is 129 Å². The van der Waals surface area contributed by atoms with E-state index in [-0.39, 0.29) is 17.3 Å². The van der Waals surface area contributed by atoms with E-state index in [1.807, 2.05) is 0 Å². The van der Waals surface area contributed by atoms with Crippen LogP contribution in [0.3, 0.4) is 0 Å². The Morgan fingerprint density at radius 3 is 2.71 bits per heavy atom. The molecular weight excluding hydrogens is 317 g/mol. The van der Waals surface area contributed by atoms with Gasteiger partial charge >= 0.3 is 0 Å². The van der Waals surface area contributed by atoms with E-state index in [1.54, 1.807) is 0 Å². The molecule has 0 bridgehead atoms. The Bertz CT molecular complexity index is 590. The molecule has 0 heterocycles. The van der Waals surface area contributed by atoms with Crippen LogP contribution in [0, 0.1) is 11.7 Å². The first-order valence-corrected chi connectivity index (χ1v) is 8.81. The lowest BCUT2D eigenvalue weighted by molar-refractivity contribution is 0.117. The van der Waals surface area contributed by atoms with E-state index in [4.69, 9.17) is 16.3 Å². The summed E-state index contributed by atoms with van der Waals surface area (Å²) in [7, 11) is -2.42. The first kappa shape index (κ1) is 16.7. The van der Waals surface area contributed by atoms with Crippen molar-refractivity contribution in [1.82, 2.24) is 4.31 Å². The van der Waals surface area contributed by atoms with E-state index in [0.29, 0.717) is 24.7 Å². The normalized spacial score (nSPS) is 15.6. The lowest BCUT2D eigenvalue weighted by atomic mass is 10.2. The first-order valence-electron chi connectivity index (χ1n) is 6.83. The molecule has 118 valence electrons. The highest BCUT2D eigenvalue weighted by Gasteiger charge is 2.25. The minimum Gasteiger partial charge on any atom is -0.380 e. The number of rotatable bonds is 8. The Morgan fingerprint density at radius 1 is 1.43 bits per heavy atom. The summed E-state index contributed by atoms with van der Waals surface area (Å²) in [6, 6.07) is 3.92. The fourth-order valence-electron chi connectivity index (χ4n) is 1.85. The molecule has 0 saturated heterocycles. The topological polar surface area (TPSA) is 46.6 Å². The van der Waals surface area contributed by atoms with Crippen LogP contribution < -0.4 is 0 Å². The van der Waals surface area contributed by atoms with Crippen LogP contribution in [0.15, 0.2) is 23.1 Å². The zero-order chi connectivity index (χ0) is 15.5. The molecule has 1 aliphatic carbocycles. The summed E-state index contributed by atoms with van der Waals surface area (Å²) in [4.78, 5) is -0.332. The van der Waals surface area contributed by atoms with E-state index in [2.05, 4.69) is 0 Å². The van der Waals surface area contributed by atoms with Crippen LogP contribution in [-0.2, 0) is 20.6 Å². The maximum atomic E-state index is 13.9. The lowest BCUT2D eigenvalue weighted by Gasteiger charge is -2.17. The summed E-state index contributed by atoms with van der Waals surface area (Å²) < 4.78 is 45.0. The van der Waals surface area contributed by atoms with Crippen molar-refractivity contribution in [2.75, 3.05) is 26.8 Å². The summed E-state index contributed by atoms with van der Waals surface area (Å²) in [5.74, 6) is -0.00593. The van der Waals surface area contributed by atoms with Gasteiger partial charge in [0.2, 0.25) is 10.0 Å². The van der Waals surface area contributed by atoms with Crippen LogP contribution in [-0.4, -0.2) is 39.5 Å². The van der Waals surface area contributed by atoms with Crippen molar-refractivity contribution in [3.8, 4) is 0 Å². The first-order chi connectivity index (χ1) is 9.95.